The minimum Gasteiger partial charge on any atom is -0.379 e. The summed E-state index contributed by atoms with van der Waals surface area (Å²) >= 11 is 0. The molecular weight excluding hydrogens is 244 g/mol. The van der Waals surface area contributed by atoms with Gasteiger partial charge in [0.25, 0.3) is 5.91 Å². The Labute approximate surface area is 114 Å². The molecule has 0 aliphatic rings. The number of unbranched alkanes of at least 4 members (excludes halogenated alkanes) is 1. The van der Waals surface area contributed by atoms with Crippen molar-refractivity contribution >= 4 is 5.91 Å². The minimum absolute atomic E-state index is 0.219. The third-order valence-corrected chi connectivity index (χ3v) is 2.53. The molecule has 1 aromatic rings. The fourth-order valence-electron chi connectivity index (χ4n) is 1.57. The van der Waals surface area contributed by atoms with E-state index in [0.717, 1.165) is 38.1 Å². The second-order valence-electron chi connectivity index (χ2n) is 4.74. The second-order valence-corrected chi connectivity index (χ2v) is 4.74. The Hall–Kier alpha value is -1.43. The van der Waals surface area contributed by atoms with Crippen molar-refractivity contribution in [2.45, 2.75) is 52.6 Å². The monoisotopic (exact) mass is 268 g/mol. The molecule has 0 fully saturated rings. The number of aryl methyl sites for hydroxylation is 1. The van der Waals surface area contributed by atoms with E-state index in [0.29, 0.717) is 6.54 Å². The lowest BCUT2D eigenvalue weighted by atomic mass is 10.3. The lowest BCUT2D eigenvalue weighted by Crippen LogP contribution is -2.25. The summed E-state index contributed by atoms with van der Waals surface area (Å²) in [6.07, 6.45) is 3.89. The number of hydrogen-bond acceptors (Lipinski definition) is 4. The van der Waals surface area contributed by atoms with Crippen LogP contribution >= 0.6 is 0 Å². The maximum absolute atomic E-state index is 11.7. The standard InChI is InChI=1S/C13H24N4O2/c1-4-7-11-15-12(17-16-11)13(18)14-8-5-6-9-19-10(2)3/h10H,4-9H2,1-3H3,(H,14,18)(H,15,16,17). The average Bonchev–Trinajstić information content (AvgIpc) is 2.82. The lowest BCUT2D eigenvalue weighted by Gasteiger charge is -2.07. The maximum Gasteiger partial charge on any atom is 0.290 e. The van der Waals surface area contributed by atoms with Crippen LogP contribution < -0.4 is 5.32 Å². The van der Waals surface area contributed by atoms with Gasteiger partial charge >= 0.3 is 0 Å². The van der Waals surface area contributed by atoms with Crippen molar-refractivity contribution in [2.24, 2.45) is 0 Å². The summed E-state index contributed by atoms with van der Waals surface area (Å²) in [5.41, 5.74) is 0. The molecule has 0 aliphatic carbocycles. The van der Waals surface area contributed by atoms with E-state index in [1.54, 1.807) is 0 Å². The molecule has 6 nitrogen and oxygen atoms in total. The molecule has 0 atom stereocenters. The highest BCUT2D eigenvalue weighted by Gasteiger charge is 2.11. The Kier molecular flexibility index (Phi) is 7.10. The Morgan fingerprint density at radius 1 is 1.42 bits per heavy atom. The van der Waals surface area contributed by atoms with Gasteiger partial charge in [-0.2, -0.15) is 0 Å². The summed E-state index contributed by atoms with van der Waals surface area (Å²) in [5, 5.41) is 9.47. The molecule has 1 amide bonds. The van der Waals surface area contributed by atoms with Crippen LogP contribution in [0.15, 0.2) is 0 Å². The molecule has 0 spiro atoms. The fourth-order valence-corrected chi connectivity index (χ4v) is 1.57. The number of H-pyrrole nitrogens is 1. The van der Waals surface area contributed by atoms with Crippen molar-refractivity contribution in [2.75, 3.05) is 13.2 Å². The summed E-state index contributed by atoms with van der Waals surface area (Å²) in [6.45, 7) is 7.44. The third kappa shape index (κ3) is 6.33. The first-order valence-electron chi connectivity index (χ1n) is 6.94. The quantitative estimate of drug-likeness (QED) is 0.668. The van der Waals surface area contributed by atoms with Crippen LogP contribution in [0.25, 0.3) is 0 Å². The van der Waals surface area contributed by atoms with E-state index in [-0.39, 0.29) is 17.8 Å². The molecule has 0 saturated heterocycles. The van der Waals surface area contributed by atoms with Gasteiger partial charge in [0.05, 0.1) is 6.10 Å². The largest absolute Gasteiger partial charge is 0.379 e. The normalized spacial score (nSPS) is 10.9. The molecule has 0 bridgehead atoms. The molecule has 0 saturated carbocycles. The predicted octanol–water partition coefficient (Wildman–Crippen LogP) is 1.69. The highest BCUT2D eigenvalue weighted by molar-refractivity contribution is 5.90. The first-order chi connectivity index (χ1) is 9.13. The third-order valence-electron chi connectivity index (χ3n) is 2.53. The molecular formula is C13H24N4O2. The van der Waals surface area contributed by atoms with Crippen molar-refractivity contribution in [3.05, 3.63) is 11.6 Å². The van der Waals surface area contributed by atoms with E-state index in [1.165, 1.54) is 0 Å². The molecule has 108 valence electrons. The van der Waals surface area contributed by atoms with Crippen molar-refractivity contribution in [1.82, 2.24) is 20.5 Å². The molecule has 2 N–H and O–H groups in total. The molecule has 0 unspecified atom stereocenters. The number of ether oxygens (including phenoxy) is 1. The van der Waals surface area contributed by atoms with Crippen molar-refractivity contribution in [3.63, 3.8) is 0 Å². The minimum atomic E-state index is -0.219. The van der Waals surface area contributed by atoms with E-state index in [4.69, 9.17) is 4.74 Å². The van der Waals surface area contributed by atoms with Gasteiger partial charge in [-0.1, -0.05) is 6.92 Å². The van der Waals surface area contributed by atoms with Crippen LogP contribution in [0.4, 0.5) is 0 Å². The fraction of sp³-hybridized carbons (Fsp3) is 0.769. The molecule has 1 rings (SSSR count). The van der Waals surface area contributed by atoms with Gasteiger partial charge in [0, 0.05) is 19.6 Å². The van der Waals surface area contributed by atoms with Crippen LogP contribution in [0.1, 0.15) is 56.5 Å². The molecule has 6 heteroatoms. The number of hydrogen-bond donors (Lipinski definition) is 2. The maximum atomic E-state index is 11.7. The number of aromatic amines is 1. The van der Waals surface area contributed by atoms with Crippen molar-refractivity contribution in [1.29, 1.82) is 0 Å². The summed E-state index contributed by atoms with van der Waals surface area (Å²) in [5.74, 6) is 0.767. The second kappa shape index (κ2) is 8.63. The lowest BCUT2D eigenvalue weighted by molar-refractivity contribution is 0.0754. The van der Waals surface area contributed by atoms with Crippen molar-refractivity contribution < 1.29 is 9.53 Å². The van der Waals surface area contributed by atoms with E-state index in [2.05, 4.69) is 27.4 Å². The van der Waals surface area contributed by atoms with Gasteiger partial charge in [0.2, 0.25) is 5.82 Å². The topological polar surface area (TPSA) is 79.9 Å². The van der Waals surface area contributed by atoms with E-state index < -0.39 is 0 Å². The predicted molar refractivity (Wildman–Crippen MR) is 73.0 cm³/mol. The molecule has 0 radical (unpaired) electrons. The number of nitrogens with one attached hydrogen (secondary N) is 2. The molecule has 0 aromatic carbocycles. The number of carbonyl (C=O) groups is 1. The Bertz CT molecular complexity index is 376. The highest BCUT2D eigenvalue weighted by atomic mass is 16.5. The highest BCUT2D eigenvalue weighted by Crippen LogP contribution is 1.97. The first-order valence-corrected chi connectivity index (χ1v) is 6.94. The van der Waals surface area contributed by atoms with Gasteiger partial charge in [-0.25, -0.2) is 4.98 Å². The molecule has 1 aromatic heterocycles. The summed E-state index contributed by atoms with van der Waals surface area (Å²) in [7, 11) is 0. The zero-order valence-electron chi connectivity index (χ0n) is 12.0. The number of amides is 1. The van der Waals surface area contributed by atoms with Gasteiger partial charge < -0.3 is 10.1 Å². The molecule has 19 heavy (non-hydrogen) atoms. The number of aromatic nitrogens is 3. The average molecular weight is 268 g/mol. The molecule has 1 heterocycles. The van der Waals surface area contributed by atoms with Crippen LogP contribution in [0, 0.1) is 0 Å². The van der Waals surface area contributed by atoms with Crippen LogP contribution in [-0.4, -0.2) is 40.3 Å². The Morgan fingerprint density at radius 2 is 2.21 bits per heavy atom. The smallest absolute Gasteiger partial charge is 0.290 e. The van der Waals surface area contributed by atoms with Crippen molar-refractivity contribution in [3.8, 4) is 0 Å². The van der Waals surface area contributed by atoms with Crippen LogP contribution in [0.3, 0.4) is 0 Å². The number of rotatable bonds is 9. The Morgan fingerprint density at radius 3 is 2.89 bits per heavy atom. The summed E-state index contributed by atoms with van der Waals surface area (Å²) in [4.78, 5) is 15.9. The number of nitrogens with zero attached hydrogens (tertiary/aromatic N) is 2. The zero-order valence-corrected chi connectivity index (χ0v) is 12.0. The number of carbonyl (C=O) groups excluding carboxylic acids is 1. The SMILES string of the molecule is CCCc1nc(C(=O)NCCCCOC(C)C)n[nH]1. The Balaban J connectivity index is 2.16. The van der Waals surface area contributed by atoms with E-state index in [1.807, 2.05) is 13.8 Å². The van der Waals surface area contributed by atoms with Gasteiger partial charge in [-0.3, -0.25) is 9.89 Å². The van der Waals surface area contributed by atoms with Gasteiger partial charge in [0.1, 0.15) is 5.82 Å². The van der Waals surface area contributed by atoms with Crippen LogP contribution in [-0.2, 0) is 11.2 Å². The van der Waals surface area contributed by atoms with Crippen LogP contribution in [0.5, 0.6) is 0 Å². The van der Waals surface area contributed by atoms with Gasteiger partial charge in [0.15, 0.2) is 0 Å². The first kappa shape index (κ1) is 15.6. The zero-order chi connectivity index (χ0) is 14.1. The summed E-state index contributed by atoms with van der Waals surface area (Å²) in [6, 6.07) is 0. The van der Waals surface area contributed by atoms with E-state index >= 15 is 0 Å². The van der Waals surface area contributed by atoms with Gasteiger partial charge in [-0.15, -0.1) is 5.10 Å². The van der Waals surface area contributed by atoms with Crippen LogP contribution in [0.2, 0.25) is 0 Å². The summed E-state index contributed by atoms with van der Waals surface area (Å²) < 4.78 is 5.42. The molecule has 0 aliphatic heterocycles. The van der Waals surface area contributed by atoms with Gasteiger partial charge in [-0.05, 0) is 33.1 Å². The van der Waals surface area contributed by atoms with E-state index in [9.17, 15) is 4.79 Å².